The topological polar surface area (TPSA) is 87.0 Å². The van der Waals surface area contributed by atoms with Crippen LogP contribution in [0.4, 0.5) is 5.88 Å². The number of hydrogen-bond donors (Lipinski definition) is 1. The predicted molar refractivity (Wildman–Crippen MR) is 69.1 cm³/mol. The maximum Gasteiger partial charge on any atom is 0.433 e. The normalized spacial score (nSPS) is 22.4. The molecular weight excluding hydrogens is 264 g/mol. The molecule has 0 spiro atoms. The zero-order chi connectivity index (χ0) is 14.5. The first-order valence-corrected chi connectivity index (χ1v) is 6.83. The lowest BCUT2D eigenvalue weighted by molar-refractivity contribution is -0.920. The van der Waals surface area contributed by atoms with Gasteiger partial charge < -0.3 is 14.1 Å². The van der Waals surface area contributed by atoms with E-state index in [1.807, 2.05) is 6.92 Å². The molecule has 1 aliphatic heterocycles. The lowest BCUT2D eigenvalue weighted by atomic mass is 9.97. The minimum absolute atomic E-state index is 0.00960. The van der Waals surface area contributed by atoms with E-state index < -0.39 is 4.92 Å². The molecule has 2 rings (SSSR count). The molecule has 1 saturated heterocycles. The maximum atomic E-state index is 11.6. The van der Waals surface area contributed by atoms with Crippen LogP contribution in [0.3, 0.4) is 0 Å². The first kappa shape index (κ1) is 14.5. The number of nitrogens with one attached hydrogen (secondary N) is 1. The van der Waals surface area contributed by atoms with Gasteiger partial charge in [0.2, 0.25) is 0 Å². The van der Waals surface area contributed by atoms with Crippen molar-refractivity contribution in [3.05, 3.63) is 28.0 Å². The van der Waals surface area contributed by atoms with E-state index in [4.69, 9.17) is 9.15 Å². The number of rotatable bonds is 5. The Morgan fingerprint density at radius 2 is 2.20 bits per heavy atom. The van der Waals surface area contributed by atoms with Crippen molar-refractivity contribution in [1.29, 1.82) is 0 Å². The molecule has 1 aromatic rings. The Balaban J connectivity index is 1.82. The van der Waals surface area contributed by atoms with Crippen LogP contribution in [0.25, 0.3) is 0 Å². The number of quaternary nitrogens is 1. The molecule has 2 heterocycles. The molecule has 0 saturated carbocycles. The van der Waals surface area contributed by atoms with Gasteiger partial charge in [-0.2, -0.15) is 0 Å². The lowest BCUT2D eigenvalue weighted by Crippen LogP contribution is -3.11. The van der Waals surface area contributed by atoms with Crippen LogP contribution in [-0.4, -0.2) is 30.6 Å². The van der Waals surface area contributed by atoms with Gasteiger partial charge in [-0.25, -0.2) is 0 Å². The molecule has 7 heteroatoms. The minimum Gasteiger partial charge on any atom is -0.466 e. The molecule has 1 aliphatic rings. The summed E-state index contributed by atoms with van der Waals surface area (Å²) in [5, 5.41) is 10.5. The number of carbonyl (C=O) groups excluding carboxylic acids is 1. The van der Waals surface area contributed by atoms with Gasteiger partial charge in [-0.15, -0.1) is 0 Å². The summed E-state index contributed by atoms with van der Waals surface area (Å²) in [6.07, 6.45) is 1.58. The highest BCUT2D eigenvalue weighted by Crippen LogP contribution is 2.16. The van der Waals surface area contributed by atoms with Crippen molar-refractivity contribution in [3.8, 4) is 0 Å². The third-order valence-electron chi connectivity index (χ3n) is 3.56. The average molecular weight is 283 g/mol. The fraction of sp³-hybridized carbons (Fsp3) is 0.615. The molecule has 1 N–H and O–H groups in total. The second-order valence-corrected chi connectivity index (χ2v) is 4.95. The van der Waals surface area contributed by atoms with Crippen molar-refractivity contribution < 1.29 is 23.8 Å². The fourth-order valence-electron chi connectivity index (χ4n) is 2.50. The summed E-state index contributed by atoms with van der Waals surface area (Å²) in [4.78, 5) is 22.9. The number of hydrogen-bond acceptors (Lipinski definition) is 5. The van der Waals surface area contributed by atoms with E-state index in [9.17, 15) is 14.9 Å². The summed E-state index contributed by atoms with van der Waals surface area (Å²) >= 11 is 0. The number of esters is 1. The van der Waals surface area contributed by atoms with Gasteiger partial charge in [-0.05, 0) is 13.0 Å². The van der Waals surface area contributed by atoms with Gasteiger partial charge >= 0.3 is 11.9 Å². The highest BCUT2D eigenvalue weighted by atomic mass is 16.6. The molecule has 1 aromatic heterocycles. The van der Waals surface area contributed by atoms with Gasteiger partial charge in [-0.3, -0.25) is 14.9 Å². The number of nitro groups is 1. The molecule has 0 amide bonds. The number of piperidine rings is 1. The highest BCUT2D eigenvalue weighted by Gasteiger charge is 2.29. The summed E-state index contributed by atoms with van der Waals surface area (Å²) in [6.45, 7) is 4.53. The Bertz CT molecular complexity index is 477. The summed E-state index contributed by atoms with van der Waals surface area (Å²) in [6, 6.07) is 3.02. The number of furan rings is 1. The molecule has 1 fully saturated rings. The average Bonchev–Trinajstić information content (AvgIpc) is 2.88. The van der Waals surface area contributed by atoms with Gasteiger partial charge in [-0.1, -0.05) is 0 Å². The van der Waals surface area contributed by atoms with Crippen LogP contribution in [0.5, 0.6) is 0 Å². The van der Waals surface area contributed by atoms with Crippen LogP contribution in [0.15, 0.2) is 16.5 Å². The van der Waals surface area contributed by atoms with E-state index in [0.717, 1.165) is 25.9 Å². The molecular formula is C13H19N2O5+. The van der Waals surface area contributed by atoms with Crippen LogP contribution in [0.2, 0.25) is 0 Å². The van der Waals surface area contributed by atoms with Gasteiger partial charge in [0.1, 0.15) is 11.5 Å². The third kappa shape index (κ3) is 3.57. The zero-order valence-corrected chi connectivity index (χ0v) is 11.5. The molecule has 0 atom stereocenters. The number of ether oxygens (including phenoxy) is 1. The molecule has 0 unspecified atom stereocenters. The van der Waals surface area contributed by atoms with Crippen molar-refractivity contribution in [1.82, 2.24) is 0 Å². The second-order valence-electron chi connectivity index (χ2n) is 4.95. The largest absolute Gasteiger partial charge is 0.466 e. The summed E-state index contributed by atoms with van der Waals surface area (Å²) in [5.41, 5.74) is 0. The van der Waals surface area contributed by atoms with Crippen molar-refractivity contribution in [3.63, 3.8) is 0 Å². The molecule has 0 bridgehead atoms. The zero-order valence-electron chi connectivity index (χ0n) is 11.5. The molecule has 20 heavy (non-hydrogen) atoms. The van der Waals surface area contributed by atoms with E-state index >= 15 is 0 Å². The van der Waals surface area contributed by atoms with Gasteiger partial charge in [0.05, 0.1) is 31.7 Å². The van der Waals surface area contributed by atoms with E-state index in [-0.39, 0.29) is 17.8 Å². The molecule has 7 nitrogen and oxygen atoms in total. The van der Waals surface area contributed by atoms with Crippen LogP contribution < -0.4 is 4.90 Å². The van der Waals surface area contributed by atoms with Crippen molar-refractivity contribution in [2.75, 3.05) is 19.7 Å². The van der Waals surface area contributed by atoms with Crippen LogP contribution >= 0.6 is 0 Å². The van der Waals surface area contributed by atoms with E-state index in [2.05, 4.69) is 0 Å². The maximum absolute atomic E-state index is 11.6. The number of carbonyl (C=O) groups is 1. The minimum atomic E-state index is -0.536. The Kier molecular flexibility index (Phi) is 4.73. The van der Waals surface area contributed by atoms with Crippen molar-refractivity contribution >= 4 is 11.9 Å². The quantitative estimate of drug-likeness (QED) is 0.484. The van der Waals surface area contributed by atoms with Crippen LogP contribution in [0.1, 0.15) is 25.5 Å². The first-order valence-electron chi connectivity index (χ1n) is 6.83. The number of likely N-dealkylation sites (tertiary alicyclic amines) is 1. The SMILES string of the molecule is CCOC(=O)C1CC[NH+](Cc2ccc([N+](=O)[O-])o2)CC1. The molecule has 0 aliphatic carbocycles. The standard InChI is InChI=1S/C13H18N2O5/c1-2-19-13(16)10-5-7-14(8-6-10)9-11-3-4-12(20-11)15(17)18/h3-4,10H,2,5-9H2,1H3/p+1. The molecule has 110 valence electrons. The summed E-state index contributed by atoms with van der Waals surface area (Å²) in [7, 11) is 0. The van der Waals surface area contributed by atoms with Crippen molar-refractivity contribution in [2.45, 2.75) is 26.3 Å². The summed E-state index contributed by atoms with van der Waals surface area (Å²) in [5.74, 6) is 0.270. The monoisotopic (exact) mass is 283 g/mol. The van der Waals surface area contributed by atoms with Gasteiger partial charge in [0, 0.05) is 12.8 Å². The molecule has 0 radical (unpaired) electrons. The third-order valence-corrected chi connectivity index (χ3v) is 3.56. The number of nitrogens with zero attached hydrogens (tertiary/aromatic N) is 1. The summed E-state index contributed by atoms with van der Waals surface area (Å²) < 4.78 is 10.2. The fourth-order valence-corrected chi connectivity index (χ4v) is 2.50. The predicted octanol–water partition coefficient (Wildman–Crippen LogP) is 0.546. The molecule has 0 aromatic carbocycles. The Hall–Kier alpha value is -1.89. The van der Waals surface area contributed by atoms with Crippen LogP contribution in [0, 0.1) is 16.0 Å². The van der Waals surface area contributed by atoms with E-state index in [1.54, 1.807) is 6.07 Å². The van der Waals surface area contributed by atoms with Crippen molar-refractivity contribution in [2.24, 2.45) is 5.92 Å². The lowest BCUT2D eigenvalue weighted by Gasteiger charge is -2.27. The Morgan fingerprint density at radius 1 is 1.50 bits per heavy atom. The van der Waals surface area contributed by atoms with Gasteiger partial charge in [0.15, 0.2) is 5.76 Å². The van der Waals surface area contributed by atoms with Gasteiger partial charge in [0.25, 0.3) is 0 Å². The Morgan fingerprint density at radius 3 is 2.75 bits per heavy atom. The smallest absolute Gasteiger partial charge is 0.433 e. The van der Waals surface area contributed by atoms with Crippen LogP contribution in [-0.2, 0) is 16.1 Å². The Labute approximate surface area is 116 Å². The second kappa shape index (κ2) is 6.51. The van der Waals surface area contributed by atoms with E-state index in [1.165, 1.54) is 11.0 Å². The van der Waals surface area contributed by atoms with E-state index in [0.29, 0.717) is 18.9 Å². The highest BCUT2D eigenvalue weighted by molar-refractivity contribution is 5.72. The first-order chi connectivity index (χ1) is 9.60.